The highest BCUT2D eigenvalue weighted by Crippen LogP contribution is 2.12. The van der Waals surface area contributed by atoms with E-state index >= 15 is 0 Å². The van der Waals surface area contributed by atoms with Crippen molar-refractivity contribution in [2.75, 3.05) is 6.54 Å². The van der Waals surface area contributed by atoms with E-state index in [-0.39, 0.29) is 18.4 Å². The van der Waals surface area contributed by atoms with Crippen molar-refractivity contribution in [3.05, 3.63) is 0 Å². The van der Waals surface area contributed by atoms with Crippen LogP contribution in [0.25, 0.3) is 0 Å². The van der Waals surface area contributed by atoms with Crippen LogP contribution in [0.5, 0.6) is 0 Å². The molecular weight excluding hydrogens is 182 g/mol. The summed E-state index contributed by atoms with van der Waals surface area (Å²) in [5, 5.41) is 30.6. The third kappa shape index (κ3) is 2.31. The second-order valence-corrected chi connectivity index (χ2v) is 2.97. The van der Waals surface area contributed by atoms with Gasteiger partial charge in [-0.1, -0.05) is 6.92 Å². The first-order chi connectivity index (χ1) is 5.16. The Balaban J connectivity index is 0.00000121. The predicted molar refractivity (Wildman–Crippen MR) is 47.4 cm³/mol. The fraction of sp³-hybridized carbons (Fsp3) is 1.00. The van der Waals surface area contributed by atoms with Crippen molar-refractivity contribution in [2.24, 2.45) is 0 Å². The Hall–Kier alpha value is 0.130. The van der Waals surface area contributed by atoms with Gasteiger partial charge in [0.2, 0.25) is 0 Å². The molecule has 1 aliphatic rings. The lowest BCUT2D eigenvalue weighted by Gasteiger charge is -2.35. The molecule has 0 saturated carbocycles. The Bertz CT molecular complexity index is 134. The van der Waals surface area contributed by atoms with E-state index in [1.807, 2.05) is 6.92 Å². The van der Waals surface area contributed by atoms with Gasteiger partial charge in [0.25, 0.3) is 0 Å². The summed E-state index contributed by atoms with van der Waals surface area (Å²) in [6.45, 7) is 2.28. The van der Waals surface area contributed by atoms with Crippen LogP contribution in [-0.2, 0) is 0 Å². The van der Waals surface area contributed by atoms with E-state index in [0.29, 0.717) is 6.54 Å². The molecule has 1 fully saturated rings. The number of piperidine rings is 1. The molecule has 0 aliphatic carbocycles. The zero-order valence-electron chi connectivity index (χ0n) is 6.97. The average molecular weight is 198 g/mol. The van der Waals surface area contributed by atoms with Crippen LogP contribution in [0.2, 0.25) is 0 Å². The molecule has 1 saturated heterocycles. The van der Waals surface area contributed by atoms with Crippen molar-refractivity contribution in [3.8, 4) is 0 Å². The molecule has 1 aliphatic heterocycles. The summed E-state index contributed by atoms with van der Waals surface area (Å²) in [5.41, 5.74) is 0. The lowest BCUT2D eigenvalue weighted by Crippen LogP contribution is -2.59. The van der Waals surface area contributed by atoms with Crippen LogP contribution < -0.4 is 5.32 Å². The summed E-state index contributed by atoms with van der Waals surface area (Å²) < 4.78 is 0. The number of aliphatic hydroxyl groups is 3. The van der Waals surface area contributed by atoms with Crippen molar-refractivity contribution in [3.63, 3.8) is 0 Å². The van der Waals surface area contributed by atoms with Gasteiger partial charge in [0, 0.05) is 12.6 Å². The Morgan fingerprint density at radius 3 is 2.33 bits per heavy atom. The number of hydrogen-bond acceptors (Lipinski definition) is 4. The first kappa shape index (κ1) is 12.1. The fourth-order valence-electron chi connectivity index (χ4n) is 1.37. The fourth-order valence-corrected chi connectivity index (χ4v) is 1.37. The highest BCUT2D eigenvalue weighted by Gasteiger charge is 2.34. The van der Waals surface area contributed by atoms with Gasteiger partial charge in [-0.25, -0.2) is 0 Å². The Labute approximate surface area is 78.0 Å². The summed E-state index contributed by atoms with van der Waals surface area (Å²) in [4.78, 5) is 0. The van der Waals surface area contributed by atoms with Crippen LogP contribution in [0, 0.1) is 0 Å². The molecule has 74 valence electrons. The van der Waals surface area contributed by atoms with E-state index in [9.17, 15) is 10.2 Å². The molecule has 0 bridgehead atoms. The maximum absolute atomic E-state index is 9.34. The van der Waals surface area contributed by atoms with Crippen LogP contribution in [0.4, 0.5) is 0 Å². The van der Waals surface area contributed by atoms with Crippen molar-refractivity contribution >= 4 is 12.4 Å². The molecule has 0 aromatic rings. The van der Waals surface area contributed by atoms with Gasteiger partial charge in [0.1, 0.15) is 6.10 Å². The average Bonchev–Trinajstić information content (AvgIpc) is 2.01. The maximum atomic E-state index is 9.34. The van der Waals surface area contributed by atoms with Crippen molar-refractivity contribution in [1.82, 2.24) is 5.32 Å². The number of rotatable bonds is 1. The Morgan fingerprint density at radius 2 is 1.83 bits per heavy atom. The van der Waals surface area contributed by atoms with E-state index in [0.717, 1.165) is 6.42 Å². The largest absolute Gasteiger partial charge is 0.389 e. The summed E-state index contributed by atoms with van der Waals surface area (Å²) in [5.74, 6) is 0. The number of halogens is 1. The topological polar surface area (TPSA) is 72.7 Å². The molecule has 1 rings (SSSR count). The molecule has 12 heavy (non-hydrogen) atoms. The van der Waals surface area contributed by atoms with Crippen LogP contribution >= 0.6 is 12.4 Å². The smallest absolute Gasteiger partial charge is 0.108 e. The first-order valence-electron chi connectivity index (χ1n) is 3.94. The van der Waals surface area contributed by atoms with E-state index in [1.54, 1.807) is 0 Å². The number of hydrogen-bond donors (Lipinski definition) is 4. The van der Waals surface area contributed by atoms with Gasteiger partial charge in [-0.05, 0) is 6.42 Å². The number of nitrogens with one attached hydrogen (secondary N) is 1. The van der Waals surface area contributed by atoms with Gasteiger partial charge in [0.15, 0.2) is 0 Å². The quantitative estimate of drug-likeness (QED) is 0.430. The minimum atomic E-state index is -0.999. The first-order valence-corrected chi connectivity index (χ1v) is 3.94. The zero-order chi connectivity index (χ0) is 8.43. The minimum absolute atomic E-state index is 0. The molecule has 4 N–H and O–H groups in total. The molecule has 5 heteroatoms. The molecule has 0 radical (unpaired) electrons. The third-order valence-electron chi connectivity index (χ3n) is 2.19. The molecule has 0 amide bonds. The summed E-state index contributed by atoms with van der Waals surface area (Å²) >= 11 is 0. The lowest BCUT2D eigenvalue weighted by atomic mass is 9.95. The van der Waals surface area contributed by atoms with E-state index < -0.39 is 18.3 Å². The van der Waals surface area contributed by atoms with E-state index in [4.69, 9.17) is 5.11 Å². The summed E-state index contributed by atoms with van der Waals surface area (Å²) in [7, 11) is 0. The van der Waals surface area contributed by atoms with E-state index in [1.165, 1.54) is 0 Å². The lowest BCUT2D eigenvalue weighted by molar-refractivity contribution is -0.0943. The van der Waals surface area contributed by atoms with E-state index in [2.05, 4.69) is 5.32 Å². The van der Waals surface area contributed by atoms with Gasteiger partial charge < -0.3 is 20.6 Å². The van der Waals surface area contributed by atoms with Crippen LogP contribution in [0.1, 0.15) is 13.3 Å². The second kappa shape index (κ2) is 4.99. The van der Waals surface area contributed by atoms with Crippen molar-refractivity contribution < 1.29 is 15.3 Å². The van der Waals surface area contributed by atoms with Crippen LogP contribution in [-0.4, -0.2) is 46.2 Å². The molecule has 0 aromatic carbocycles. The second-order valence-electron chi connectivity index (χ2n) is 2.97. The number of aliphatic hydroxyl groups excluding tert-OH is 3. The summed E-state index contributed by atoms with van der Waals surface area (Å²) in [6.07, 6.45) is -1.93. The minimum Gasteiger partial charge on any atom is -0.389 e. The highest BCUT2D eigenvalue weighted by molar-refractivity contribution is 5.85. The SMILES string of the molecule is CC[C@H]1NC[C@H](O)[C@@H](O)[C@H]1O.Cl. The van der Waals surface area contributed by atoms with Gasteiger partial charge in [-0.15, -0.1) is 12.4 Å². The molecule has 1 heterocycles. The van der Waals surface area contributed by atoms with Crippen LogP contribution in [0.15, 0.2) is 0 Å². The van der Waals surface area contributed by atoms with Gasteiger partial charge >= 0.3 is 0 Å². The molecule has 4 atom stereocenters. The zero-order valence-corrected chi connectivity index (χ0v) is 7.79. The monoisotopic (exact) mass is 197 g/mol. The molecule has 0 unspecified atom stereocenters. The summed E-state index contributed by atoms with van der Waals surface area (Å²) in [6, 6.07) is -0.0894. The Kier molecular flexibility index (Phi) is 5.04. The number of β-amino-alcohol motifs (C(OH)–C–C–N with tert-alkyl or cyclic N) is 1. The molecular formula is C7H16ClNO3. The van der Waals surface area contributed by atoms with Crippen molar-refractivity contribution in [1.29, 1.82) is 0 Å². The van der Waals surface area contributed by atoms with Gasteiger partial charge in [-0.2, -0.15) is 0 Å². The molecule has 4 nitrogen and oxygen atoms in total. The maximum Gasteiger partial charge on any atom is 0.108 e. The Morgan fingerprint density at radius 1 is 1.25 bits per heavy atom. The van der Waals surface area contributed by atoms with Crippen molar-refractivity contribution in [2.45, 2.75) is 37.7 Å². The molecule has 0 aromatic heterocycles. The third-order valence-corrected chi connectivity index (χ3v) is 2.19. The predicted octanol–water partition coefficient (Wildman–Crippen LogP) is -1.13. The molecule has 0 spiro atoms. The van der Waals surface area contributed by atoms with Gasteiger partial charge in [0.05, 0.1) is 12.2 Å². The normalized spacial score (nSPS) is 42.0. The standard InChI is InChI=1S/C7H15NO3.ClH/c1-2-4-6(10)7(11)5(9)3-8-4;/h4-11H,2-3H2,1H3;1H/t4-,5+,6+,7-;/m1./s1. The highest BCUT2D eigenvalue weighted by atomic mass is 35.5. The van der Waals surface area contributed by atoms with Crippen LogP contribution in [0.3, 0.4) is 0 Å². The van der Waals surface area contributed by atoms with Gasteiger partial charge in [-0.3, -0.25) is 0 Å².